The van der Waals surface area contributed by atoms with Crippen molar-refractivity contribution in [3.05, 3.63) is 60.1 Å². The van der Waals surface area contributed by atoms with E-state index in [4.69, 9.17) is 16.3 Å². The van der Waals surface area contributed by atoms with Crippen molar-refractivity contribution in [2.24, 2.45) is 0 Å². The summed E-state index contributed by atoms with van der Waals surface area (Å²) < 4.78 is 7.41. The highest BCUT2D eigenvalue weighted by atomic mass is 35.5. The van der Waals surface area contributed by atoms with Gasteiger partial charge in [-0.3, -0.25) is 0 Å². The Morgan fingerprint density at radius 1 is 1.26 bits per heavy atom. The molecule has 1 fully saturated rings. The van der Waals surface area contributed by atoms with E-state index in [1.165, 1.54) is 4.68 Å². The van der Waals surface area contributed by atoms with Crippen molar-refractivity contribution in [1.29, 1.82) is 0 Å². The van der Waals surface area contributed by atoms with Crippen LogP contribution < -0.4 is 10.1 Å². The Morgan fingerprint density at radius 3 is 2.93 bits per heavy atom. The van der Waals surface area contributed by atoms with Crippen LogP contribution in [0.2, 0.25) is 5.02 Å². The first kappa shape index (κ1) is 17.3. The number of likely N-dealkylation sites (tertiary alicyclic amines) is 1. The zero-order chi connectivity index (χ0) is 18.6. The summed E-state index contributed by atoms with van der Waals surface area (Å²) in [6, 6.07) is 8.79. The second kappa shape index (κ2) is 7.63. The maximum Gasteiger partial charge on any atom is 0.322 e. The summed E-state index contributed by atoms with van der Waals surface area (Å²) >= 11 is 5.97. The number of halogens is 1. The highest BCUT2D eigenvalue weighted by Crippen LogP contribution is 2.22. The predicted molar refractivity (Wildman–Crippen MR) is 100 cm³/mol. The SMILES string of the molecule is O=C(Nc1cnn(-c2ncccn2)c1)N1CCC(Oc2cccc(Cl)c2)C1. The third kappa shape index (κ3) is 4.17. The van der Waals surface area contributed by atoms with Gasteiger partial charge in [-0.05, 0) is 24.3 Å². The van der Waals surface area contributed by atoms with E-state index in [1.807, 2.05) is 12.1 Å². The molecule has 1 saturated heterocycles. The Labute approximate surface area is 160 Å². The van der Waals surface area contributed by atoms with Gasteiger partial charge in [-0.2, -0.15) is 5.10 Å². The van der Waals surface area contributed by atoms with Crippen LogP contribution in [0.1, 0.15) is 6.42 Å². The highest BCUT2D eigenvalue weighted by Gasteiger charge is 2.28. The molecular formula is C18H17ClN6O2. The highest BCUT2D eigenvalue weighted by molar-refractivity contribution is 6.30. The third-order valence-corrected chi connectivity index (χ3v) is 4.36. The van der Waals surface area contributed by atoms with Crippen molar-refractivity contribution in [3.8, 4) is 11.7 Å². The molecule has 9 heteroatoms. The number of nitrogens with zero attached hydrogens (tertiary/aromatic N) is 5. The Hall–Kier alpha value is -3.13. The van der Waals surface area contributed by atoms with E-state index in [2.05, 4.69) is 20.4 Å². The minimum Gasteiger partial charge on any atom is -0.488 e. The van der Waals surface area contributed by atoms with Crippen LogP contribution in [0.5, 0.6) is 5.75 Å². The molecule has 27 heavy (non-hydrogen) atoms. The predicted octanol–water partition coefficient (Wildman–Crippen LogP) is 3.00. The Bertz CT molecular complexity index is 932. The van der Waals surface area contributed by atoms with Gasteiger partial charge in [0.15, 0.2) is 0 Å². The van der Waals surface area contributed by atoms with Crippen molar-refractivity contribution in [3.63, 3.8) is 0 Å². The number of ether oxygens (including phenoxy) is 1. The number of rotatable bonds is 4. The first-order chi connectivity index (χ1) is 13.2. The maximum absolute atomic E-state index is 12.5. The molecule has 3 heterocycles. The number of aromatic nitrogens is 4. The molecule has 2 amide bonds. The molecule has 0 radical (unpaired) electrons. The first-order valence-electron chi connectivity index (χ1n) is 8.47. The van der Waals surface area contributed by atoms with Crippen molar-refractivity contribution in [2.45, 2.75) is 12.5 Å². The van der Waals surface area contributed by atoms with Crippen molar-refractivity contribution >= 4 is 23.3 Å². The van der Waals surface area contributed by atoms with Crippen LogP contribution in [-0.4, -0.2) is 49.9 Å². The number of hydrogen-bond donors (Lipinski definition) is 1. The van der Waals surface area contributed by atoms with Crippen molar-refractivity contribution in [1.82, 2.24) is 24.6 Å². The number of anilines is 1. The Balaban J connectivity index is 1.33. The molecule has 0 aliphatic carbocycles. The fourth-order valence-electron chi connectivity index (χ4n) is 2.85. The molecule has 1 atom stereocenters. The molecule has 2 aromatic heterocycles. The Kier molecular flexibility index (Phi) is 4.88. The summed E-state index contributed by atoms with van der Waals surface area (Å²) in [5.41, 5.74) is 0.576. The second-order valence-corrected chi connectivity index (χ2v) is 6.52. The first-order valence-corrected chi connectivity index (χ1v) is 8.85. The fourth-order valence-corrected chi connectivity index (χ4v) is 3.03. The van der Waals surface area contributed by atoms with E-state index in [1.54, 1.807) is 47.9 Å². The van der Waals surface area contributed by atoms with Gasteiger partial charge < -0.3 is 15.0 Å². The van der Waals surface area contributed by atoms with Crippen LogP contribution in [0.25, 0.3) is 5.95 Å². The molecule has 0 bridgehead atoms. The zero-order valence-electron chi connectivity index (χ0n) is 14.3. The number of carbonyl (C=O) groups is 1. The van der Waals surface area contributed by atoms with Gasteiger partial charge >= 0.3 is 6.03 Å². The van der Waals surface area contributed by atoms with Crippen LogP contribution in [0, 0.1) is 0 Å². The van der Waals surface area contributed by atoms with Crippen molar-refractivity contribution < 1.29 is 9.53 Å². The molecular weight excluding hydrogens is 368 g/mol. The second-order valence-electron chi connectivity index (χ2n) is 6.08. The van der Waals surface area contributed by atoms with Crippen LogP contribution in [0.15, 0.2) is 55.1 Å². The van der Waals surface area contributed by atoms with Crippen LogP contribution in [-0.2, 0) is 0 Å². The Morgan fingerprint density at radius 2 is 2.11 bits per heavy atom. The number of nitrogens with one attached hydrogen (secondary N) is 1. The molecule has 4 rings (SSSR count). The number of benzene rings is 1. The van der Waals surface area contributed by atoms with E-state index in [0.29, 0.717) is 35.5 Å². The van der Waals surface area contributed by atoms with Gasteiger partial charge in [0.05, 0.1) is 24.6 Å². The normalized spacial score (nSPS) is 16.3. The summed E-state index contributed by atoms with van der Waals surface area (Å²) in [5.74, 6) is 1.15. The van der Waals surface area contributed by atoms with Gasteiger partial charge in [0.25, 0.3) is 0 Å². The van der Waals surface area contributed by atoms with Crippen LogP contribution >= 0.6 is 11.6 Å². The largest absolute Gasteiger partial charge is 0.488 e. The van der Waals surface area contributed by atoms with Crippen LogP contribution in [0.3, 0.4) is 0 Å². The summed E-state index contributed by atoms with van der Waals surface area (Å²) in [6.07, 6.45) is 7.19. The maximum atomic E-state index is 12.5. The van der Waals surface area contributed by atoms with Gasteiger partial charge in [-0.25, -0.2) is 19.4 Å². The van der Waals surface area contributed by atoms with E-state index >= 15 is 0 Å². The number of hydrogen-bond acceptors (Lipinski definition) is 5. The summed E-state index contributed by atoms with van der Waals surface area (Å²) in [6.45, 7) is 1.13. The lowest BCUT2D eigenvalue weighted by Crippen LogP contribution is -2.34. The van der Waals surface area contributed by atoms with E-state index in [9.17, 15) is 4.79 Å². The van der Waals surface area contributed by atoms with Crippen LogP contribution in [0.4, 0.5) is 10.5 Å². The molecule has 0 spiro atoms. The summed E-state index contributed by atoms with van der Waals surface area (Å²) in [4.78, 5) is 22.4. The average Bonchev–Trinajstić information content (AvgIpc) is 3.32. The molecule has 1 aromatic carbocycles. The molecule has 1 N–H and O–H groups in total. The lowest BCUT2D eigenvalue weighted by Gasteiger charge is -2.17. The molecule has 1 aliphatic rings. The minimum atomic E-state index is -0.194. The molecule has 8 nitrogen and oxygen atoms in total. The van der Waals surface area contributed by atoms with E-state index in [-0.39, 0.29) is 12.1 Å². The third-order valence-electron chi connectivity index (χ3n) is 4.12. The number of amides is 2. The van der Waals surface area contributed by atoms with Gasteiger partial charge in [-0.15, -0.1) is 0 Å². The standard InChI is InChI=1S/C18H17ClN6O2/c19-13-3-1-4-15(9-13)27-16-5-8-24(12-16)18(26)23-14-10-22-25(11-14)17-20-6-2-7-21-17/h1-4,6-7,9-11,16H,5,8,12H2,(H,23,26). The zero-order valence-corrected chi connectivity index (χ0v) is 15.1. The monoisotopic (exact) mass is 384 g/mol. The minimum absolute atomic E-state index is 0.0605. The molecule has 1 aliphatic heterocycles. The fraction of sp³-hybridized carbons (Fsp3) is 0.222. The van der Waals surface area contributed by atoms with E-state index < -0.39 is 0 Å². The molecule has 1 unspecified atom stereocenters. The lowest BCUT2D eigenvalue weighted by molar-refractivity contribution is 0.195. The van der Waals surface area contributed by atoms with Gasteiger partial charge in [-0.1, -0.05) is 17.7 Å². The topological polar surface area (TPSA) is 85.2 Å². The van der Waals surface area contributed by atoms with Crippen molar-refractivity contribution in [2.75, 3.05) is 18.4 Å². The lowest BCUT2D eigenvalue weighted by atomic mass is 10.3. The van der Waals surface area contributed by atoms with Gasteiger partial charge in [0, 0.05) is 30.4 Å². The van der Waals surface area contributed by atoms with Gasteiger partial charge in [0.2, 0.25) is 5.95 Å². The van der Waals surface area contributed by atoms with E-state index in [0.717, 1.165) is 6.42 Å². The summed E-state index contributed by atoms with van der Waals surface area (Å²) in [7, 11) is 0. The number of urea groups is 1. The smallest absolute Gasteiger partial charge is 0.322 e. The molecule has 3 aromatic rings. The summed E-state index contributed by atoms with van der Waals surface area (Å²) in [5, 5.41) is 7.63. The van der Waals surface area contributed by atoms with Gasteiger partial charge in [0.1, 0.15) is 11.9 Å². The average molecular weight is 385 g/mol. The number of carbonyl (C=O) groups excluding carboxylic acids is 1. The quantitative estimate of drug-likeness (QED) is 0.747. The molecule has 138 valence electrons. The molecule has 0 saturated carbocycles.